The number of nitriles is 1. The molecule has 1 heterocycles. The number of rotatable bonds is 5. The maximum atomic E-state index is 12.1. The zero-order chi connectivity index (χ0) is 17.7. The first kappa shape index (κ1) is 17.0. The van der Waals surface area contributed by atoms with Crippen molar-refractivity contribution in [1.29, 1.82) is 5.26 Å². The van der Waals surface area contributed by atoms with E-state index in [9.17, 15) is 14.9 Å². The number of carbonyl (C=O) groups excluding carboxylic acids is 1. The maximum absolute atomic E-state index is 12.1. The minimum absolute atomic E-state index is 0.0225. The summed E-state index contributed by atoms with van der Waals surface area (Å²) in [4.78, 5) is 22.2. The number of aromatic nitrogens is 1. The summed E-state index contributed by atoms with van der Waals surface area (Å²) < 4.78 is 4.83. The molecule has 2 N–H and O–H groups in total. The van der Waals surface area contributed by atoms with Gasteiger partial charge in [0.15, 0.2) is 5.82 Å². The molecule has 0 aliphatic heterocycles. The SMILES string of the molecule is Cc1cc(N/C=C(/C#N)C(=O)Nc2cc([N+](=O)[O-])ccc2Cl)no1. The molecule has 1 aromatic carbocycles. The Morgan fingerprint density at radius 2 is 2.25 bits per heavy atom. The fourth-order valence-electron chi connectivity index (χ4n) is 1.64. The molecule has 122 valence electrons. The van der Waals surface area contributed by atoms with Crippen molar-refractivity contribution in [2.24, 2.45) is 0 Å². The van der Waals surface area contributed by atoms with Crippen molar-refractivity contribution in [3.8, 4) is 6.07 Å². The van der Waals surface area contributed by atoms with Gasteiger partial charge in [-0.25, -0.2) is 0 Å². The van der Waals surface area contributed by atoms with Crippen LogP contribution in [-0.4, -0.2) is 16.0 Å². The molecular weight excluding hydrogens is 338 g/mol. The Hall–Kier alpha value is -3.38. The summed E-state index contributed by atoms with van der Waals surface area (Å²) in [6.07, 6.45) is 1.14. The molecule has 0 aliphatic rings. The number of nitro benzene ring substituents is 1. The third-order valence-electron chi connectivity index (χ3n) is 2.77. The molecule has 0 saturated heterocycles. The van der Waals surface area contributed by atoms with E-state index in [1.807, 2.05) is 0 Å². The molecule has 9 nitrogen and oxygen atoms in total. The van der Waals surface area contributed by atoms with Crippen LogP contribution in [0.2, 0.25) is 5.02 Å². The summed E-state index contributed by atoms with van der Waals surface area (Å²) in [5, 5.41) is 28.6. The number of nitro groups is 1. The lowest BCUT2D eigenvalue weighted by molar-refractivity contribution is -0.384. The van der Waals surface area contributed by atoms with Crippen LogP contribution < -0.4 is 10.6 Å². The summed E-state index contributed by atoms with van der Waals surface area (Å²) in [6, 6.07) is 6.86. The molecule has 0 bridgehead atoms. The van der Waals surface area contributed by atoms with Crippen LogP contribution in [0.25, 0.3) is 0 Å². The lowest BCUT2D eigenvalue weighted by Crippen LogP contribution is -2.15. The van der Waals surface area contributed by atoms with E-state index in [1.165, 1.54) is 12.1 Å². The standard InChI is InChI=1S/C14H10ClN5O4/c1-8-4-13(19-24-8)17-7-9(6-16)14(21)18-12-5-10(20(22)23)2-3-11(12)15/h2-5,7H,1H3,(H,17,19)(H,18,21)/b9-7-. The van der Waals surface area contributed by atoms with Crippen molar-refractivity contribution in [2.75, 3.05) is 10.6 Å². The molecule has 24 heavy (non-hydrogen) atoms. The Labute approximate surface area is 140 Å². The first-order valence-corrected chi connectivity index (χ1v) is 6.84. The lowest BCUT2D eigenvalue weighted by Gasteiger charge is -2.06. The molecule has 0 fully saturated rings. The maximum Gasteiger partial charge on any atom is 0.271 e. The van der Waals surface area contributed by atoms with E-state index >= 15 is 0 Å². The van der Waals surface area contributed by atoms with E-state index in [0.717, 1.165) is 12.3 Å². The van der Waals surface area contributed by atoms with Crippen molar-refractivity contribution in [2.45, 2.75) is 6.92 Å². The number of aryl methyl sites for hydroxylation is 1. The van der Waals surface area contributed by atoms with Gasteiger partial charge in [0.25, 0.3) is 11.6 Å². The Bertz CT molecular complexity index is 868. The van der Waals surface area contributed by atoms with Crippen LogP contribution in [0.4, 0.5) is 17.2 Å². The van der Waals surface area contributed by atoms with Crippen molar-refractivity contribution >= 4 is 34.7 Å². The number of hydrogen-bond acceptors (Lipinski definition) is 7. The predicted molar refractivity (Wildman–Crippen MR) is 85.3 cm³/mol. The molecule has 0 aliphatic carbocycles. The number of carbonyl (C=O) groups is 1. The van der Waals surface area contributed by atoms with Gasteiger partial charge in [-0.15, -0.1) is 0 Å². The number of non-ortho nitro benzene ring substituents is 1. The molecule has 0 unspecified atom stereocenters. The molecule has 2 aromatic rings. The van der Waals surface area contributed by atoms with E-state index in [0.29, 0.717) is 11.6 Å². The van der Waals surface area contributed by atoms with Crippen LogP contribution in [0.3, 0.4) is 0 Å². The fourth-order valence-corrected chi connectivity index (χ4v) is 1.81. The Balaban J connectivity index is 2.16. The van der Waals surface area contributed by atoms with Gasteiger partial charge in [-0.05, 0) is 13.0 Å². The number of amides is 1. The molecular formula is C14H10ClN5O4. The highest BCUT2D eigenvalue weighted by Crippen LogP contribution is 2.27. The highest BCUT2D eigenvalue weighted by atomic mass is 35.5. The van der Waals surface area contributed by atoms with Gasteiger partial charge in [0.05, 0.1) is 15.6 Å². The summed E-state index contributed by atoms with van der Waals surface area (Å²) >= 11 is 5.89. The van der Waals surface area contributed by atoms with Crippen molar-refractivity contribution in [3.63, 3.8) is 0 Å². The van der Waals surface area contributed by atoms with Crippen LogP contribution in [0.1, 0.15) is 5.76 Å². The van der Waals surface area contributed by atoms with E-state index in [4.69, 9.17) is 21.4 Å². The van der Waals surface area contributed by atoms with Gasteiger partial charge in [0.2, 0.25) is 0 Å². The number of halogens is 1. The zero-order valence-electron chi connectivity index (χ0n) is 12.2. The van der Waals surface area contributed by atoms with Gasteiger partial charge in [-0.3, -0.25) is 14.9 Å². The molecule has 0 atom stereocenters. The van der Waals surface area contributed by atoms with Crippen molar-refractivity contribution < 1.29 is 14.2 Å². The van der Waals surface area contributed by atoms with Crippen LogP contribution in [0, 0.1) is 28.4 Å². The molecule has 0 saturated carbocycles. The summed E-state index contributed by atoms with van der Waals surface area (Å²) in [5.41, 5.74) is -0.499. The van der Waals surface area contributed by atoms with E-state index in [-0.39, 0.29) is 22.0 Å². The topological polar surface area (TPSA) is 134 Å². The third-order valence-corrected chi connectivity index (χ3v) is 3.10. The molecule has 0 spiro atoms. The van der Waals surface area contributed by atoms with Crippen LogP contribution in [0.5, 0.6) is 0 Å². The Morgan fingerprint density at radius 3 is 2.83 bits per heavy atom. The monoisotopic (exact) mass is 347 g/mol. The minimum Gasteiger partial charge on any atom is -0.360 e. The lowest BCUT2D eigenvalue weighted by atomic mass is 10.2. The second kappa shape index (κ2) is 7.26. The third kappa shape index (κ3) is 4.08. The molecule has 10 heteroatoms. The second-order valence-corrected chi connectivity index (χ2v) is 4.92. The summed E-state index contributed by atoms with van der Waals surface area (Å²) in [5.74, 6) is 0.0892. The van der Waals surface area contributed by atoms with Crippen LogP contribution in [0.15, 0.2) is 40.6 Å². The van der Waals surface area contributed by atoms with Gasteiger partial charge in [-0.1, -0.05) is 16.8 Å². The van der Waals surface area contributed by atoms with Gasteiger partial charge in [0.1, 0.15) is 17.4 Å². The van der Waals surface area contributed by atoms with Gasteiger partial charge in [-0.2, -0.15) is 5.26 Å². The summed E-state index contributed by atoms with van der Waals surface area (Å²) in [7, 11) is 0. The molecule has 1 amide bonds. The second-order valence-electron chi connectivity index (χ2n) is 4.51. The first-order chi connectivity index (χ1) is 11.4. The van der Waals surface area contributed by atoms with Gasteiger partial charge in [0, 0.05) is 24.4 Å². The number of hydrogen-bond donors (Lipinski definition) is 2. The average Bonchev–Trinajstić information content (AvgIpc) is 2.95. The molecule has 0 radical (unpaired) electrons. The number of anilines is 2. The van der Waals surface area contributed by atoms with E-state index < -0.39 is 10.8 Å². The number of nitrogens with zero attached hydrogens (tertiary/aromatic N) is 3. The smallest absolute Gasteiger partial charge is 0.271 e. The Kier molecular flexibility index (Phi) is 5.13. The minimum atomic E-state index is -0.785. The van der Waals surface area contributed by atoms with Gasteiger partial charge < -0.3 is 15.2 Å². The quantitative estimate of drug-likeness (QED) is 0.367. The normalized spacial score (nSPS) is 10.8. The Morgan fingerprint density at radius 1 is 1.50 bits per heavy atom. The van der Waals surface area contributed by atoms with Crippen molar-refractivity contribution in [3.05, 3.63) is 56.9 Å². The number of nitrogens with one attached hydrogen (secondary N) is 2. The largest absolute Gasteiger partial charge is 0.360 e. The average molecular weight is 348 g/mol. The van der Waals surface area contributed by atoms with E-state index in [2.05, 4.69) is 15.8 Å². The predicted octanol–water partition coefficient (Wildman–Crippen LogP) is 3.00. The molecule has 1 aromatic heterocycles. The van der Waals surface area contributed by atoms with Crippen LogP contribution in [-0.2, 0) is 4.79 Å². The summed E-state index contributed by atoms with van der Waals surface area (Å²) in [6.45, 7) is 1.68. The van der Waals surface area contributed by atoms with Gasteiger partial charge >= 0.3 is 0 Å². The highest BCUT2D eigenvalue weighted by molar-refractivity contribution is 6.34. The highest BCUT2D eigenvalue weighted by Gasteiger charge is 2.15. The fraction of sp³-hybridized carbons (Fsp3) is 0.0714. The van der Waals surface area contributed by atoms with Crippen LogP contribution >= 0.6 is 11.6 Å². The van der Waals surface area contributed by atoms with E-state index in [1.54, 1.807) is 19.1 Å². The van der Waals surface area contributed by atoms with Crippen molar-refractivity contribution in [1.82, 2.24) is 5.16 Å². The zero-order valence-corrected chi connectivity index (χ0v) is 13.0. The molecule has 2 rings (SSSR count). The first-order valence-electron chi connectivity index (χ1n) is 6.46. The number of benzene rings is 1.